The van der Waals surface area contributed by atoms with E-state index in [1.807, 2.05) is 12.1 Å². The standard InChI is InChI=1S/C9H6NSi/c1-2-8-7(6-10)4-3-5-9(8)11/h2-5H,1H2. The summed E-state index contributed by atoms with van der Waals surface area (Å²) in [5, 5.41) is 9.56. The fourth-order valence-corrected chi connectivity index (χ4v) is 1.22. The summed E-state index contributed by atoms with van der Waals surface area (Å²) in [6.07, 6.45) is 1.67. The normalized spacial score (nSPS) is 8.73. The van der Waals surface area contributed by atoms with Crippen LogP contribution in [0.3, 0.4) is 0 Å². The lowest BCUT2D eigenvalue weighted by Crippen LogP contribution is -2.07. The molecule has 0 N–H and O–H groups in total. The van der Waals surface area contributed by atoms with Crippen LogP contribution in [-0.2, 0) is 0 Å². The van der Waals surface area contributed by atoms with Crippen LogP contribution in [0.25, 0.3) is 6.08 Å². The van der Waals surface area contributed by atoms with E-state index >= 15 is 0 Å². The summed E-state index contributed by atoms with van der Waals surface area (Å²) in [4.78, 5) is 0. The van der Waals surface area contributed by atoms with Crippen LogP contribution in [0.5, 0.6) is 0 Å². The van der Waals surface area contributed by atoms with Gasteiger partial charge in [-0.05, 0) is 11.6 Å². The maximum atomic E-state index is 8.65. The molecule has 0 amide bonds. The van der Waals surface area contributed by atoms with Crippen molar-refractivity contribution in [1.29, 1.82) is 5.26 Å². The first-order valence-corrected chi connectivity index (χ1v) is 3.66. The molecule has 0 aliphatic rings. The number of nitrogens with zero attached hydrogens (tertiary/aromatic N) is 1. The van der Waals surface area contributed by atoms with Crippen molar-refractivity contribution in [3.05, 3.63) is 35.9 Å². The second kappa shape index (κ2) is 3.18. The van der Waals surface area contributed by atoms with Gasteiger partial charge in [-0.3, -0.25) is 0 Å². The van der Waals surface area contributed by atoms with Crippen molar-refractivity contribution in [2.75, 3.05) is 0 Å². The van der Waals surface area contributed by atoms with Crippen LogP contribution in [0.4, 0.5) is 0 Å². The van der Waals surface area contributed by atoms with Gasteiger partial charge in [-0.2, -0.15) is 5.26 Å². The number of benzene rings is 1. The largest absolute Gasteiger partial charge is 0.192 e. The van der Waals surface area contributed by atoms with Crippen LogP contribution in [0, 0.1) is 11.3 Å². The quantitative estimate of drug-likeness (QED) is 0.556. The summed E-state index contributed by atoms with van der Waals surface area (Å²) < 4.78 is 0. The Kier molecular flexibility index (Phi) is 2.24. The summed E-state index contributed by atoms with van der Waals surface area (Å²) in [6, 6.07) is 7.56. The molecule has 0 unspecified atom stereocenters. The highest BCUT2D eigenvalue weighted by Gasteiger charge is 1.98. The van der Waals surface area contributed by atoms with Crippen molar-refractivity contribution >= 4 is 21.5 Å². The monoisotopic (exact) mass is 156 g/mol. The van der Waals surface area contributed by atoms with Crippen molar-refractivity contribution in [1.82, 2.24) is 0 Å². The Bertz CT molecular complexity index is 323. The minimum absolute atomic E-state index is 0.646. The molecule has 11 heavy (non-hydrogen) atoms. The molecule has 1 aromatic rings. The lowest BCUT2D eigenvalue weighted by molar-refractivity contribution is 1.48. The van der Waals surface area contributed by atoms with E-state index in [4.69, 9.17) is 5.26 Å². The summed E-state index contributed by atoms with van der Waals surface area (Å²) in [5.41, 5.74) is 1.50. The van der Waals surface area contributed by atoms with Gasteiger partial charge in [-0.1, -0.05) is 30.0 Å². The smallest absolute Gasteiger partial charge is 0.0997 e. The van der Waals surface area contributed by atoms with Crippen LogP contribution in [0.1, 0.15) is 11.1 Å². The Morgan fingerprint density at radius 3 is 2.73 bits per heavy atom. The van der Waals surface area contributed by atoms with Gasteiger partial charge < -0.3 is 0 Å². The molecule has 0 heterocycles. The van der Waals surface area contributed by atoms with E-state index in [1.165, 1.54) is 0 Å². The highest BCUT2D eigenvalue weighted by molar-refractivity contribution is 6.34. The van der Waals surface area contributed by atoms with Crippen LogP contribution < -0.4 is 5.19 Å². The maximum Gasteiger partial charge on any atom is 0.0997 e. The van der Waals surface area contributed by atoms with Crippen LogP contribution in [-0.4, -0.2) is 10.2 Å². The molecule has 0 aliphatic carbocycles. The van der Waals surface area contributed by atoms with Gasteiger partial charge in [0, 0.05) is 0 Å². The highest BCUT2D eigenvalue weighted by Crippen LogP contribution is 2.04. The molecule has 1 rings (SSSR count). The molecule has 0 aliphatic heterocycles. The van der Waals surface area contributed by atoms with E-state index in [9.17, 15) is 0 Å². The first-order chi connectivity index (χ1) is 5.29. The zero-order chi connectivity index (χ0) is 8.27. The first kappa shape index (κ1) is 7.77. The topological polar surface area (TPSA) is 23.8 Å². The molecule has 2 heteroatoms. The predicted octanol–water partition coefficient (Wildman–Crippen LogP) is 0.995. The van der Waals surface area contributed by atoms with Gasteiger partial charge >= 0.3 is 0 Å². The molecule has 0 aromatic heterocycles. The molecule has 0 bridgehead atoms. The summed E-state index contributed by atoms with van der Waals surface area (Å²) >= 11 is 0. The number of hydrogen-bond acceptors (Lipinski definition) is 1. The Balaban J connectivity index is 3.38. The molecule has 1 aromatic carbocycles. The van der Waals surface area contributed by atoms with Gasteiger partial charge in [0.2, 0.25) is 0 Å². The fourth-order valence-electron chi connectivity index (χ4n) is 0.883. The highest BCUT2D eigenvalue weighted by atomic mass is 28.1. The van der Waals surface area contributed by atoms with Crippen molar-refractivity contribution in [2.45, 2.75) is 0 Å². The van der Waals surface area contributed by atoms with Crippen molar-refractivity contribution in [2.24, 2.45) is 0 Å². The van der Waals surface area contributed by atoms with Crippen molar-refractivity contribution < 1.29 is 0 Å². The average Bonchev–Trinajstić information content (AvgIpc) is 2.04. The van der Waals surface area contributed by atoms with Gasteiger partial charge in [0.25, 0.3) is 0 Å². The molecular formula is C9H6NSi. The fraction of sp³-hybridized carbons (Fsp3) is 0. The zero-order valence-corrected chi connectivity index (χ0v) is 6.96. The summed E-state index contributed by atoms with van der Waals surface area (Å²) in [7, 11) is 3.38. The van der Waals surface area contributed by atoms with Gasteiger partial charge in [0.05, 0.1) is 21.9 Å². The first-order valence-electron chi connectivity index (χ1n) is 3.16. The van der Waals surface area contributed by atoms with Crippen molar-refractivity contribution in [3.8, 4) is 6.07 Å². The van der Waals surface area contributed by atoms with Crippen LogP contribution in [0.2, 0.25) is 0 Å². The van der Waals surface area contributed by atoms with E-state index in [-0.39, 0.29) is 0 Å². The number of rotatable bonds is 1. The van der Waals surface area contributed by atoms with Gasteiger partial charge in [0.15, 0.2) is 0 Å². The molecule has 51 valence electrons. The van der Waals surface area contributed by atoms with Gasteiger partial charge in [-0.15, -0.1) is 0 Å². The third-order valence-corrected chi connectivity index (χ3v) is 1.87. The maximum absolute atomic E-state index is 8.65. The Morgan fingerprint density at radius 2 is 2.27 bits per heavy atom. The zero-order valence-electron chi connectivity index (χ0n) is 5.96. The molecular weight excluding hydrogens is 150 g/mol. The molecule has 0 saturated carbocycles. The second-order valence-corrected chi connectivity index (χ2v) is 2.62. The SMILES string of the molecule is C=Cc1c([Si])cccc1C#N. The minimum atomic E-state index is 0.646. The van der Waals surface area contributed by atoms with Crippen LogP contribution in [0.15, 0.2) is 24.8 Å². The molecule has 0 atom stereocenters. The Hall–Kier alpha value is -1.33. The van der Waals surface area contributed by atoms with E-state index in [0.29, 0.717) is 5.56 Å². The third-order valence-electron chi connectivity index (χ3n) is 1.43. The minimum Gasteiger partial charge on any atom is -0.192 e. The predicted molar refractivity (Wildman–Crippen MR) is 46.6 cm³/mol. The molecule has 3 radical (unpaired) electrons. The molecule has 0 spiro atoms. The van der Waals surface area contributed by atoms with Gasteiger partial charge in [-0.25, -0.2) is 0 Å². The summed E-state index contributed by atoms with van der Waals surface area (Å²) in [5.74, 6) is 0. The average molecular weight is 156 g/mol. The Morgan fingerprint density at radius 1 is 1.55 bits per heavy atom. The molecule has 1 nitrogen and oxygen atoms in total. The number of nitriles is 1. The van der Waals surface area contributed by atoms with E-state index in [1.54, 1.807) is 12.1 Å². The lowest BCUT2D eigenvalue weighted by Gasteiger charge is -2.00. The summed E-state index contributed by atoms with van der Waals surface area (Å²) in [6.45, 7) is 3.62. The molecule has 0 fully saturated rings. The lowest BCUT2D eigenvalue weighted by atomic mass is 10.1. The van der Waals surface area contributed by atoms with Gasteiger partial charge in [0.1, 0.15) is 0 Å². The molecule has 0 saturated heterocycles. The van der Waals surface area contributed by atoms with E-state index in [0.717, 1.165) is 10.8 Å². The second-order valence-electron chi connectivity index (χ2n) is 2.08. The van der Waals surface area contributed by atoms with E-state index < -0.39 is 0 Å². The van der Waals surface area contributed by atoms with Crippen molar-refractivity contribution in [3.63, 3.8) is 0 Å². The third kappa shape index (κ3) is 1.39. The van der Waals surface area contributed by atoms with E-state index in [2.05, 4.69) is 22.9 Å². The van der Waals surface area contributed by atoms with Crippen LogP contribution >= 0.6 is 0 Å². The Labute approximate surface area is 69.4 Å². The number of hydrogen-bond donors (Lipinski definition) is 0.